The minimum Gasteiger partial charge on any atom is -0.490 e. The highest BCUT2D eigenvalue weighted by molar-refractivity contribution is 9.08. The van der Waals surface area contributed by atoms with Crippen LogP contribution in [-0.4, -0.2) is 18.3 Å². The van der Waals surface area contributed by atoms with Crippen molar-refractivity contribution in [1.82, 2.24) is 0 Å². The predicted molar refractivity (Wildman–Crippen MR) is 84.5 cm³/mol. The molecule has 20 heavy (non-hydrogen) atoms. The Bertz CT molecular complexity index is 418. The molecule has 1 aromatic carbocycles. The van der Waals surface area contributed by atoms with Gasteiger partial charge in [0, 0.05) is 18.2 Å². The normalized spacial score (nSPS) is 25.6. The van der Waals surface area contributed by atoms with E-state index < -0.39 is 0 Å². The third-order valence-corrected chi connectivity index (χ3v) is 5.24. The van der Waals surface area contributed by atoms with Gasteiger partial charge in [0.15, 0.2) is 0 Å². The molecule has 0 N–H and O–H groups in total. The van der Waals surface area contributed by atoms with Gasteiger partial charge in [-0.1, -0.05) is 47.3 Å². The summed E-state index contributed by atoms with van der Waals surface area (Å²) >= 11 is 3.47. The molecule has 1 atom stereocenters. The van der Waals surface area contributed by atoms with Crippen molar-refractivity contribution in [2.45, 2.75) is 62.0 Å². The summed E-state index contributed by atoms with van der Waals surface area (Å²) in [6, 6.07) is 8.42. The number of rotatable bonds is 3. The second-order valence-electron chi connectivity index (χ2n) is 6.10. The Kier molecular flexibility index (Phi) is 4.67. The van der Waals surface area contributed by atoms with Crippen molar-refractivity contribution in [2.24, 2.45) is 0 Å². The van der Waals surface area contributed by atoms with Crippen molar-refractivity contribution in [2.75, 3.05) is 6.61 Å². The maximum Gasteiger partial charge on any atom is 0.119 e. The first-order valence-corrected chi connectivity index (χ1v) is 8.87. The first-order valence-electron chi connectivity index (χ1n) is 7.75. The van der Waals surface area contributed by atoms with Crippen molar-refractivity contribution in [3.8, 4) is 5.75 Å². The van der Waals surface area contributed by atoms with Crippen LogP contribution < -0.4 is 4.74 Å². The highest BCUT2D eigenvalue weighted by Crippen LogP contribution is 2.39. The van der Waals surface area contributed by atoms with E-state index in [0.717, 1.165) is 30.5 Å². The molecule has 3 rings (SSSR count). The molecule has 3 heteroatoms. The standard InChI is InChI=1S/C17H23BrO2/c18-13-14-4-6-15(7-5-14)20-16-8-11-19-17(12-16)9-2-1-3-10-17/h4-7,16H,1-3,8-13H2. The number of hydrogen-bond acceptors (Lipinski definition) is 2. The zero-order chi connectivity index (χ0) is 13.8. The largest absolute Gasteiger partial charge is 0.490 e. The Morgan fingerprint density at radius 1 is 1.15 bits per heavy atom. The van der Waals surface area contributed by atoms with E-state index in [1.807, 2.05) is 0 Å². The van der Waals surface area contributed by atoms with Gasteiger partial charge in [-0.3, -0.25) is 0 Å². The van der Waals surface area contributed by atoms with Crippen LogP contribution in [0.15, 0.2) is 24.3 Å². The van der Waals surface area contributed by atoms with Gasteiger partial charge in [-0.15, -0.1) is 0 Å². The van der Waals surface area contributed by atoms with Gasteiger partial charge >= 0.3 is 0 Å². The molecule has 2 aliphatic rings. The molecule has 110 valence electrons. The summed E-state index contributed by atoms with van der Waals surface area (Å²) in [4.78, 5) is 0. The third kappa shape index (κ3) is 3.37. The Morgan fingerprint density at radius 2 is 1.90 bits per heavy atom. The minimum atomic E-state index is 0.122. The summed E-state index contributed by atoms with van der Waals surface area (Å²) in [5.74, 6) is 0.993. The van der Waals surface area contributed by atoms with Gasteiger partial charge in [-0.05, 0) is 30.5 Å². The maximum absolute atomic E-state index is 6.19. The van der Waals surface area contributed by atoms with Crippen molar-refractivity contribution in [3.05, 3.63) is 29.8 Å². The van der Waals surface area contributed by atoms with Gasteiger partial charge in [0.05, 0.1) is 12.2 Å². The van der Waals surface area contributed by atoms with E-state index in [2.05, 4.69) is 40.2 Å². The molecule has 0 bridgehead atoms. The topological polar surface area (TPSA) is 18.5 Å². The molecule has 2 nitrogen and oxygen atoms in total. The van der Waals surface area contributed by atoms with Crippen LogP contribution in [0.25, 0.3) is 0 Å². The monoisotopic (exact) mass is 338 g/mol. The van der Waals surface area contributed by atoms with E-state index in [4.69, 9.17) is 9.47 Å². The van der Waals surface area contributed by atoms with Gasteiger partial charge in [0.2, 0.25) is 0 Å². The quantitative estimate of drug-likeness (QED) is 0.734. The molecule has 0 aromatic heterocycles. The van der Waals surface area contributed by atoms with Crippen LogP contribution in [0.4, 0.5) is 0 Å². The molecule has 1 aromatic rings. The molecule has 1 aliphatic heterocycles. The molecule has 0 radical (unpaired) electrons. The number of hydrogen-bond donors (Lipinski definition) is 0. The van der Waals surface area contributed by atoms with Crippen LogP contribution in [0.1, 0.15) is 50.5 Å². The van der Waals surface area contributed by atoms with Gasteiger partial charge in [-0.2, -0.15) is 0 Å². The minimum absolute atomic E-state index is 0.122. The Morgan fingerprint density at radius 3 is 2.60 bits per heavy atom. The lowest BCUT2D eigenvalue weighted by atomic mass is 9.79. The van der Waals surface area contributed by atoms with E-state index in [0.29, 0.717) is 6.10 Å². The van der Waals surface area contributed by atoms with Crippen LogP contribution in [0, 0.1) is 0 Å². The predicted octanol–water partition coefficient (Wildman–Crippen LogP) is 4.84. The zero-order valence-corrected chi connectivity index (χ0v) is 13.5. The summed E-state index contributed by atoms with van der Waals surface area (Å²) in [5, 5.41) is 0.896. The van der Waals surface area contributed by atoms with Crippen molar-refractivity contribution in [1.29, 1.82) is 0 Å². The van der Waals surface area contributed by atoms with Gasteiger partial charge in [-0.25, -0.2) is 0 Å². The second-order valence-corrected chi connectivity index (χ2v) is 6.66. The lowest BCUT2D eigenvalue weighted by molar-refractivity contribution is -0.129. The van der Waals surface area contributed by atoms with E-state index in [-0.39, 0.29) is 5.60 Å². The molecule has 1 spiro atoms. The van der Waals surface area contributed by atoms with E-state index >= 15 is 0 Å². The maximum atomic E-state index is 6.19. The van der Waals surface area contributed by atoms with Gasteiger partial charge in [0.25, 0.3) is 0 Å². The molecular formula is C17H23BrO2. The Hall–Kier alpha value is -0.540. The van der Waals surface area contributed by atoms with E-state index in [1.54, 1.807) is 0 Å². The molecule has 2 fully saturated rings. The summed E-state index contributed by atoms with van der Waals surface area (Å²) in [6.45, 7) is 0.851. The third-order valence-electron chi connectivity index (χ3n) is 4.59. The lowest BCUT2D eigenvalue weighted by Crippen LogP contribution is -2.45. The van der Waals surface area contributed by atoms with E-state index in [9.17, 15) is 0 Å². The summed E-state index contributed by atoms with van der Waals surface area (Å²) in [7, 11) is 0. The highest BCUT2D eigenvalue weighted by Gasteiger charge is 2.39. The smallest absolute Gasteiger partial charge is 0.119 e. The number of halogens is 1. The summed E-state index contributed by atoms with van der Waals surface area (Å²) < 4.78 is 12.3. The fourth-order valence-electron chi connectivity index (χ4n) is 3.48. The van der Waals surface area contributed by atoms with Crippen LogP contribution in [0.3, 0.4) is 0 Å². The summed E-state index contributed by atoms with van der Waals surface area (Å²) in [5.41, 5.74) is 1.41. The molecular weight excluding hydrogens is 316 g/mol. The van der Waals surface area contributed by atoms with Crippen LogP contribution in [0.2, 0.25) is 0 Å². The Balaban J connectivity index is 1.61. The van der Waals surface area contributed by atoms with Crippen molar-refractivity contribution in [3.63, 3.8) is 0 Å². The SMILES string of the molecule is BrCc1ccc(OC2CCOC3(CCCCC3)C2)cc1. The first-order chi connectivity index (χ1) is 9.80. The lowest BCUT2D eigenvalue weighted by Gasteiger charge is -2.43. The molecule has 1 saturated carbocycles. The molecule has 0 amide bonds. The number of benzene rings is 1. The van der Waals surface area contributed by atoms with E-state index in [1.165, 1.54) is 37.7 Å². The van der Waals surface area contributed by atoms with Gasteiger partial charge in [0.1, 0.15) is 11.9 Å². The number of alkyl halides is 1. The molecule has 1 heterocycles. The molecule has 1 unspecified atom stereocenters. The van der Waals surface area contributed by atoms with Gasteiger partial charge < -0.3 is 9.47 Å². The van der Waals surface area contributed by atoms with Crippen molar-refractivity contribution < 1.29 is 9.47 Å². The van der Waals surface area contributed by atoms with Crippen LogP contribution in [-0.2, 0) is 10.1 Å². The second kappa shape index (κ2) is 6.48. The zero-order valence-electron chi connectivity index (χ0n) is 11.9. The molecule has 1 aliphatic carbocycles. The average Bonchev–Trinajstić information content (AvgIpc) is 2.49. The number of ether oxygens (including phenoxy) is 2. The van der Waals surface area contributed by atoms with Crippen LogP contribution in [0.5, 0.6) is 5.75 Å². The average molecular weight is 339 g/mol. The summed E-state index contributed by atoms with van der Waals surface area (Å²) in [6.07, 6.45) is 8.82. The van der Waals surface area contributed by atoms with Crippen LogP contribution >= 0.6 is 15.9 Å². The first kappa shape index (κ1) is 14.4. The highest BCUT2D eigenvalue weighted by atomic mass is 79.9. The fraction of sp³-hybridized carbons (Fsp3) is 0.647. The fourth-order valence-corrected chi connectivity index (χ4v) is 3.85. The van der Waals surface area contributed by atoms with Crippen molar-refractivity contribution >= 4 is 15.9 Å². The molecule has 1 saturated heterocycles. The Labute approximate surface area is 130 Å².